The topological polar surface area (TPSA) is 59.9 Å². The average molecular weight is 284 g/mol. The lowest BCUT2D eigenvalue weighted by molar-refractivity contribution is -0.0509. The second-order valence-corrected chi connectivity index (χ2v) is 7.30. The summed E-state index contributed by atoms with van der Waals surface area (Å²) in [6.07, 6.45) is 13.2. The van der Waals surface area contributed by atoms with Crippen molar-refractivity contribution in [2.24, 2.45) is 11.3 Å². The number of nitriles is 1. The molecule has 1 aliphatic heterocycles. The van der Waals surface area contributed by atoms with Crippen LogP contribution in [0, 0.1) is 22.7 Å². The van der Waals surface area contributed by atoms with Gasteiger partial charge in [-0.05, 0) is 49.9 Å². The molecule has 4 aliphatic rings. The Kier molecular flexibility index (Phi) is 3.19. The number of allylic oxidation sites excluding steroid dienone is 2. The van der Waals surface area contributed by atoms with Crippen LogP contribution in [0.5, 0.6) is 0 Å². The molecule has 21 heavy (non-hydrogen) atoms. The minimum atomic E-state index is 0.351. The molecule has 0 amide bonds. The van der Waals surface area contributed by atoms with Crippen LogP contribution in [0.4, 0.5) is 0 Å². The fourth-order valence-electron chi connectivity index (χ4n) is 4.69. The second-order valence-electron chi connectivity index (χ2n) is 7.30. The van der Waals surface area contributed by atoms with Gasteiger partial charge in [0.15, 0.2) is 0 Å². The van der Waals surface area contributed by atoms with Crippen LogP contribution in [-0.2, 0) is 0 Å². The van der Waals surface area contributed by atoms with Crippen molar-refractivity contribution in [1.29, 1.82) is 5.26 Å². The van der Waals surface area contributed by atoms with E-state index in [2.05, 4.69) is 34.2 Å². The summed E-state index contributed by atoms with van der Waals surface area (Å²) in [4.78, 5) is 0. The number of hydrogen-bond donors (Lipinski definition) is 3. The smallest absolute Gasteiger partial charge is 0.0948 e. The maximum Gasteiger partial charge on any atom is 0.0948 e. The molecule has 0 aromatic carbocycles. The first kappa shape index (κ1) is 13.2. The number of hydrogen-bond acceptors (Lipinski definition) is 4. The Hall–Kier alpha value is -1.47. The summed E-state index contributed by atoms with van der Waals surface area (Å²) in [7, 11) is 0. The highest BCUT2D eigenvalue weighted by molar-refractivity contribution is 5.33. The van der Waals surface area contributed by atoms with Crippen molar-refractivity contribution >= 4 is 0 Å². The number of nitrogens with one attached hydrogen (secondary N) is 3. The summed E-state index contributed by atoms with van der Waals surface area (Å²) in [5.74, 6) is 0.686. The van der Waals surface area contributed by atoms with Gasteiger partial charge in [0, 0.05) is 19.0 Å². The fraction of sp³-hybridized carbons (Fsp3) is 0.706. The van der Waals surface area contributed by atoms with Crippen molar-refractivity contribution in [1.82, 2.24) is 16.0 Å². The molecule has 1 unspecified atom stereocenters. The molecule has 0 aromatic heterocycles. The molecular weight excluding hydrogens is 260 g/mol. The van der Waals surface area contributed by atoms with Gasteiger partial charge in [-0.3, -0.25) is 5.32 Å². The lowest BCUT2D eigenvalue weighted by Gasteiger charge is -2.58. The number of fused-ring (bicyclic) bond motifs is 1. The zero-order valence-electron chi connectivity index (χ0n) is 12.5. The monoisotopic (exact) mass is 284 g/mol. The molecule has 4 nitrogen and oxygen atoms in total. The van der Waals surface area contributed by atoms with Crippen LogP contribution >= 0.6 is 0 Å². The molecule has 3 fully saturated rings. The highest BCUT2D eigenvalue weighted by atomic mass is 15.2. The van der Waals surface area contributed by atoms with Crippen LogP contribution in [0.15, 0.2) is 23.5 Å². The highest BCUT2D eigenvalue weighted by Gasteiger charge is 2.52. The van der Waals surface area contributed by atoms with Crippen molar-refractivity contribution in [3.8, 4) is 6.07 Å². The van der Waals surface area contributed by atoms with Gasteiger partial charge in [-0.25, -0.2) is 0 Å². The van der Waals surface area contributed by atoms with Crippen LogP contribution in [0.3, 0.4) is 0 Å². The molecule has 112 valence electrons. The fourth-order valence-corrected chi connectivity index (χ4v) is 4.69. The van der Waals surface area contributed by atoms with E-state index < -0.39 is 0 Å². The third kappa shape index (κ3) is 2.44. The number of piperazine rings is 1. The van der Waals surface area contributed by atoms with Crippen LogP contribution in [-0.4, -0.2) is 18.8 Å². The van der Waals surface area contributed by atoms with Gasteiger partial charge in [-0.2, -0.15) is 5.26 Å². The normalized spacial score (nSPS) is 40.4. The van der Waals surface area contributed by atoms with Crippen molar-refractivity contribution < 1.29 is 0 Å². The Bertz CT molecular complexity index is 513. The maximum atomic E-state index is 8.74. The molecule has 4 heteroatoms. The van der Waals surface area contributed by atoms with E-state index in [4.69, 9.17) is 5.26 Å². The number of rotatable bonds is 3. The summed E-state index contributed by atoms with van der Waals surface area (Å²) >= 11 is 0. The Balaban J connectivity index is 1.24. The second kappa shape index (κ2) is 5.06. The Morgan fingerprint density at radius 3 is 2.71 bits per heavy atom. The standard InChI is InChI=1S/C17H24N4/c18-6-5-12-7-17(8-12)9-13(10-17)20-16-11-19-14-3-1-2-4-15(14)21-16/h3-4,12-13,16,19-21H,1-2,5,7-11H2. The van der Waals surface area contributed by atoms with Gasteiger partial charge in [-0.1, -0.05) is 12.2 Å². The predicted octanol–water partition coefficient (Wildman–Crippen LogP) is 2.13. The Morgan fingerprint density at radius 2 is 1.95 bits per heavy atom. The van der Waals surface area contributed by atoms with E-state index in [0.717, 1.165) is 25.8 Å². The summed E-state index contributed by atoms with van der Waals surface area (Å²) in [5, 5.41) is 19.6. The first-order valence-electron chi connectivity index (χ1n) is 8.30. The SMILES string of the molecule is N#CCC1CC2(C1)CC(NC1CNC3=CCCC=C3N1)C2. The van der Waals surface area contributed by atoms with Crippen LogP contribution in [0.2, 0.25) is 0 Å². The van der Waals surface area contributed by atoms with Crippen LogP contribution < -0.4 is 16.0 Å². The third-order valence-corrected chi connectivity index (χ3v) is 5.60. The highest BCUT2D eigenvalue weighted by Crippen LogP contribution is 2.59. The van der Waals surface area contributed by atoms with Gasteiger partial charge in [0.25, 0.3) is 0 Å². The van der Waals surface area contributed by atoms with E-state index >= 15 is 0 Å². The van der Waals surface area contributed by atoms with Crippen LogP contribution in [0.25, 0.3) is 0 Å². The van der Waals surface area contributed by atoms with Gasteiger partial charge in [0.1, 0.15) is 0 Å². The van der Waals surface area contributed by atoms with Crippen LogP contribution in [0.1, 0.15) is 44.9 Å². The number of nitrogens with zero attached hydrogens (tertiary/aromatic N) is 1. The molecule has 4 rings (SSSR count). The van der Waals surface area contributed by atoms with Gasteiger partial charge < -0.3 is 10.6 Å². The molecule has 1 saturated heterocycles. The predicted molar refractivity (Wildman–Crippen MR) is 81.9 cm³/mol. The quantitative estimate of drug-likeness (QED) is 0.743. The van der Waals surface area contributed by atoms with E-state index in [-0.39, 0.29) is 0 Å². The summed E-state index contributed by atoms with van der Waals surface area (Å²) in [6, 6.07) is 2.97. The Morgan fingerprint density at radius 1 is 1.19 bits per heavy atom. The van der Waals surface area contributed by atoms with Gasteiger partial charge in [0.2, 0.25) is 0 Å². The molecule has 3 aliphatic carbocycles. The van der Waals surface area contributed by atoms with E-state index in [9.17, 15) is 0 Å². The minimum Gasteiger partial charge on any atom is -0.380 e. The van der Waals surface area contributed by atoms with Crippen molar-refractivity contribution in [3.63, 3.8) is 0 Å². The lowest BCUT2D eigenvalue weighted by Crippen LogP contribution is -2.62. The van der Waals surface area contributed by atoms with Crippen molar-refractivity contribution in [2.75, 3.05) is 6.54 Å². The molecule has 1 atom stereocenters. The first-order chi connectivity index (χ1) is 10.3. The molecule has 1 heterocycles. The van der Waals surface area contributed by atoms with Crippen molar-refractivity contribution in [3.05, 3.63) is 23.5 Å². The van der Waals surface area contributed by atoms with Gasteiger partial charge >= 0.3 is 0 Å². The lowest BCUT2D eigenvalue weighted by atomic mass is 9.49. The molecule has 0 bridgehead atoms. The summed E-state index contributed by atoms with van der Waals surface area (Å²) in [6.45, 7) is 0.962. The average Bonchev–Trinajstić information content (AvgIpc) is 2.43. The zero-order valence-corrected chi connectivity index (χ0v) is 12.5. The molecule has 1 spiro atoms. The third-order valence-electron chi connectivity index (χ3n) is 5.60. The van der Waals surface area contributed by atoms with Crippen molar-refractivity contribution in [2.45, 2.75) is 57.2 Å². The van der Waals surface area contributed by atoms with E-state index in [1.165, 1.54) is 37.1 Å². The van der Waals surface area contributed by atoms with E-state index in [0.29, 0.717) is 23.5 Å². The maximum absolute atomic E-state index is 8.74. The molecule has 3 N–H and O–H groups in total. The molecular formula is C17H24N4. The first-order valence-corrected chi connectivity index (χ1v) is 8.30. The minimum absolute atomic E-state index is 0.351. The largest absolute Gasteiger partial charge is 0.380 e. The van der Waals surface area contributed by atoms with E-state index in [1.807, 2.05) is 0 Å². The van der Waals surface area contributed by atoms with Gasteiger partial charge in [-0.15, -0.1) is 0 Å². The Labute approximate surface area is 126 Å². The zero-order chi connectivity index (χ0) is 14.3. The molecule has 0 aromatic rings. The van der Waals surface area contributed by atoms with E-state index in [1.54, 1.807) is 0 Å². The van der Waals surface area contributed by atoms with Gasteiger partial charge in [0.05, 0.1) is 23.6 Å². The molecule has 0 radical (unpaired) electrons. The molecule has 2 saturated carbocycles. The summed E-state index contributed by atoms with van der Waals surface area (Å²) in [5.41, 5.74) is 3.15. The summed E-state index contributed by atoms with van der Waals surface area (Å²) < 4.78 is 0.